The Morgan fingerprint density at radius 3 is 2.76 bits per heavy atom. The summed E-state index contributed by atoms with van der Waals surface area (Å²) in [4.78, 5) is 3.20. The summed E-state index contributed by atoms with van der Waals surface area (Å²) in [5.74, 6) is 0. The molecule has 0 saturated carbocycles. The van der Waals surface area contributed by atoms with Crippen LogP contribution in [0.4, 0.5) is 0 Å². The lowest BCUT2D eigenvalue weighted by atomic mass is 10.3. The van der Waals surface area contributed by atoms with Crippen LogP contribution in [0, 0.1) is 18.6 Å². The minimum absolute atomic E-state index is 0.716. The second-order valence-corrected chi connectivity index (χ2v) is 6.07. The van der Waals surface area contributed by atoms with Crippen LogP contribution in [0.2, 0.25) is 5.02 Å². The molecule has 3 aromatic rings. The minimum atomic E-state index is 0.716. The number of halogens is 1. The third kappa shape index (κ3) is 2.89. The fraction of sp³-hybridized carbons (Fsp3) is 0.333. The predicted molar refractivity (Wildman–Crippen MR) is 88.5 cm³/mol. The molecule has 21 heavy (non-hydrogen) atoms. The molecule has 0 spiro atoms. The zero-order valence-electron chi connectivity index (χ0n) is 12.1. The molecular weight excluding hydrogens is 304 g/mol. The fourth-order valence-corrected chi connectivity index (χ4v) is 3.11. The Balaban J connectivity index is 1.78. The van der Waals surface area contributed by atoms with Crippen LogP contribution in [-0.4, -0.2) is 19.3 Å². The molecule has 3 rings (SSSR count). The molecule has 110 valence electrons. The Labute approximate surface area is 133 Å². The lowest BCUT2D eigenvalue weighted by Crippen LogP contribution is -2.07. The van der Waals surface area contributed by atoms with Crippen molar-refractivity contribution in [3.63, 3.8) is 0 Å². The van der Waals surface area contributed by atoms with Crippen LogP contribution < -0.4 is 0 Å². The van der Waals surface area contributed by atoms with E-state index in [1.165, 1.54) is 5.69 Å². The summed E-state index contributed by atoms with van der Waals surface area (Å²) in [5.41, 5.74) is 4.34. The van der Waals surface area contributed by atoms with Gasteiger partial charge in [0.25, 0.3) is 0 Å². The summed E-state index contributed by atoms with van der Waals surface area (Å²) in [7, 11) is 0. The van der Waals surface area contributed by atoms with Crippen molar-refractivity contribution in [2.45, 2.75) is 33.4 Å². The number of aromatic nitrogens is 4. The molecule has 0 aliphatic heterocycles. The van der Waals surface area contributed by atoms with Gasteiger partial charge in [0, 0.05) is 23.8 Å². The molecule has 0 unspecified atom stereocenters. The molecule has 0 bridgehead atoms. The number of aromatic amines is 1. The fourth-order valence-electron chi connectivity index (χ4n) is 2.64. The SMILES string of the molecule is Cc1cc(C)n(CCCn2c(=S)[nH]c3cc(Cl)ccc32)n1. The molecule has 1 N–H and O–H groups in total. The number of imidazole rings is 1. The number of hydrogen-bond donors (Lipinski definition) is 1. The maximum Gasteiger partial charge on any atom is 0.178 e. The van der Waals surface area contributed by atoms with E-state index in [2.05, 4.69) is 27.6 Å². The molecule has 1 aromatic carbocycles. The van der Waals surface area contributed by atoms with Crippen LogP contribution in [-0.2, 0) is 13.1 Å². The molecule has 0 saturated heterocycles. The largest absolute Gasteiger partial charge is 0.331 e. The van der Waals surface area contributed by atoms with E-state index in [0.717, 1.165) is 41.0 Å². The molecular formula is C15H17ClN4S. The summed E-state index contributed by atoms with van der Waals surface area (Å²) in [6, 6.07) is 7.90. The van der Waals surface area contributed by atoms with Crippen LogP contribution in [0.25, 0.3) is 11.0 Å². The first-order valence-corrected chi connectivity index (χ1v) is 7.72. The highest BCUT2D eigenvalue weighted by Crippen LogP contribution is 2.19. The van der Waals surface area contributed by atoms with Crippen molar-refractivity contribution in [2.75, 3.05) is 0 Å². The third-order valence-electron chi connectivity index (χ3n) is 3.59. The molecule has 0 aliphatic carbocycles. The number of nitrogens with one attached hydrogen (secondary N) is 1. The average Bonchev–Trinajstić information content (AvgIpc) is 2.89. The van der Waals surface area contributed by atoms with Gasteiger partial charge in [-0.2, -0.15) is 5.10 Å². The second kappa shape index (κ2) is 5.66. The quantitative estimate of drug-likeness (QED) is 0.730. The van der Waals surface area contributed by atoms with Crippen molar-refractivity contribution in [1.82, 2.24) is 19.3 Å². The normalized spacial score (nSPS) is 11.4. The highest BCUT2D eigenvalue weighted by atomic mass is 35.5. The molecule has 0 radical (unpaired) electrons. The van der Waals surface area contributed by atoms with E-state index in [1.807, 2.05) is 29.8 Å². The van der Waals surface area contributed by atoms with E-state index in [1.54, 1.807) is 0 Å². The van der Waals surface area contributed by atoms with Gasteiger partial charge in [0.15, 0.2) is 4.77 Å². The van der Waals surface area contributed by atoms with E-state index in [4.69, 9.17) is 23.8 Å². The maximum atomic E-state index is 6.01. The van der Waals surface area contributed by atoms with Gasteiger partial charge in [-0.05, 0) is 56.8 Å². The molecule has 0 fully saturated rings. The summed E-state index contributed by atoms with van der Waals surface area (Å²) < 4.78 is 4.90. The van der Waals surface area contributed by atoms with Crippen molar-refractivity contribution >= 4 is 34.9 Å². The van der Waals surface area contributed by atoms with Gasteiger partial charge in [-0.25, -0.2) is 0 Å². The van der Waals surface area contributed by atoms with E-state index < -0.39 is 0 Å². The van der Waals surface area contributed by atoms with Crippen molar-refractivity contribution in [1.29, 1.82) is 0 Å². The third-order valence-corrected chi connectivity index (χ3v) is 4.15. The van der Waals surface area contributed by atoms with Gasteiger partial charge in [-0.3, -0.25) is 4.68 Å². The molecule has 0 atom stereocenters. The Morgan fingerprint density at radius 1 is 1.24 bits per heavy atom. The standard InChI is InChI=1S/C15H17ClN4S/c1-10-8-11(2)20(18-10)7-3-6-19-14-5-4-12(16)9-13(14)17-15(19)21/h4-5,8-9H,3,6-7H2,1-2H3,(H,17,21). The summed E-state index contributed by atoms with van der Waals surface area (Å²) in [5, 5.41) is 5.20. The van der Waals surface area contributed by atoms with E-state index in [-0.39, 0.29) is 0 Å². The Morgan fingerprint density at radius 2 is 2.05 bits per heavy atom. The maximum absolute atomic E-state index is 6.01. The van der Waals surface area contributed by atoms with Gasteiger partial charge < -0.3 is 9.55 Å². The Bertz CT molecular complexity index is 843. The molecule has 6 heteroatoms. The molecule has 4 nitrogen and oxygen atoms in total. The predicted octanol–water partition coefficient (Wildman–Crippen LogP) is 4.26. The van der Waals surface area contributed by atoms with Crippen LogP contribution in [0.15, 0.2) is 24.3 Å². The smallest absolute Gasteiger partial charge is 0.178 e. The first-order valence-electron chi connectivity index (χ1n) is 6.94. The lowest BCUT2D eigenvalue weighted by molar-refractivity contribution is 0.519. The van der Waals surface area contributed by atoms with Crippen molar-refractivity contribution in [2.24, 2.45) is 0 Å². The van der Waals surface area contributed by atoms with Crippen LogP contribution >= 0.6 is 23.8 Å². The highest BCUT2D eigenvalue weighted by molar-refractivity contribution is 7.71. The zero-order valence-corrected chi connectivity index (χ0v) is 13.6. The topological polar surface area (TPSA) is 38.5 Å². The number of H-pyrrole nitrogens is 1. The Kier molecular flexibility index (Phi) is 3.87. The van der Waals surface area contributed by atoms with Gasteiger partial charge in [0.1, 0.15) is 0 Å². The second-order valence-electron chi connectivity index (χ2n) is 5.25. The number of benzene rings is 1. The summed E-state index contributed by atoms with van der Waals surface area (Å²) >= 11 is 11.4. The Hall–Kier alpha value is -1.59. The van der Waals surface area contributed by atoms with Gasteiger partial charge >= 0.3 is 0 Å². The number of hydrogen-bond acceptors (Lipinski definition) is 2. The monoisotopic (exact) mass is 320 g/mol. The molecule has 2 aromatic heterocycles. The number of fused-ring (bicyclic) bond motifs is 1. The molecule has 0 aliphatic rings. The van der Waals surface area contributed by atoms with E-state index in [0.29, 0.717) is 5.02 Å². The van der Waals surface area contributed by atoms with Crippen molar-refractivity contribution in [3.05, 3.63) is 45.4 Å². The van der Waals surface area contributed by atoms with E-state index >= 15 is 0 Å². The van der Waals surface area contributed by atoms with Gasteiger partial charge in [0.05, 0.1) is 16.7 Å². The van der Waals surface area contributed by atoms with Crippen LogP contribution in [0.5, 0.6) is 0 Å². The number of aryl methyl sites for hydroxylation is 4. The first kappa shape index (κ1) is 14.4. The van der Waals surface area contributed by atoms with Gasteiger partial charge in [-0.15, -0.1) is 0 Å². The van der Waals surface area contributed by atoms with Gasteiger partial charge in [0.2, 0.25) is 0 Å². The summed E-state index contributed by atoms with van der Waals surface area (Å²) in [6.07, 6.45) is 0.978. The van der Waals surface area contributed by atoms with Crippen molar-refractivity contribution < 1.29 is 0 Å². The van der Waals surface area contributed by atoms with E-state index in [9.17, 15) is 0 Å². The van der Waals surface area contributed by atoms with Gasteiger partial charge in [-0.1, -0.05) is 11.6 Å². The van der Waals surface area contributed by atoms with Crippen LogP contribution in [0.3, 0.4) is 0 Å². The minimum Gasteiger partial charge on any atom is -0.331 e. The van der Waals surface area contributed by atoms with Crippen molar-refractivity contribution in [3.8, 4) is 0 Å². The van der Waals surface area contributed by atoms with Crippen LogP contribution in [0.1, 0.15) is 17.8 Å². The number of nitrogens with zero attached hydrogens (tertiary/aromatic N) is 3. The zero-order chi connectivity index (χ0) is 15.0. The lowest BCUT2D eigenvalue weighted by Gasteiger charge is -2.06. The average molecular weight is 321 g/mol. The first-order chi connectivity index (χ1) is 10.0. The molecule has 0 amide bonds. The molecule has 2 heterocycles. The number of rotatable bonds is 4. The summed E-state index contributed by atoms with van der Waals surface area (Å²) in [6.45, 7) is 5.85. The highest BCUT2D eigenvalue weighted by Gasteiger charge is 2.06.